The number of hydrogen-bond acceptors (Lipinski definition) is 5. The lowest BCUT2D eigenvalue weighted by atomic mass is 10.0. The molecular formula is C14H19FN4O3. The van der Waals surface area contributed by atoms with E-state index in [1.165, 1.54) is 19.2 Å². The molecule has 0 fully saturated rings. The summed E-state index contributed by atoms with van der Waals surface area (Å²) in [6.45, 7) is 5.21. The molecule has 0 bridgehead atoms. The quantitative estimate of drug-likeness (QED) is 0.890. The average molecular weight is 310 g/mol. The fourth-order valence-corrected chi connectivity index (χ4v) is 1.96. The molecule has 2 aromatic rings. The van der Waals surface area contributed by atoms with Gasteiger partial charge in [-0.15, -0.1) is 0 Å². The summed E-state index contributed by atoms with van der Waals surface area (Å²) in [5.41, 5.74) is 0.268. The van der Waals surface area contributed by atoms with Crippen molar-refractivity contribution >= 4 is 0 Å². The molecule has 0 aliphatic rings. The fraction of sp³-hybridized carbons (Fsp3) is 0.500. The largest absolute Gasteiger partial charge is 0.489 e. The molecule has 0 unspecified atom stereocenters. The highest BCUT2D eigenvalue weighted by Crippen LogP contribution is 2.29. The number of aromatic nitrogens is 4. The third-order valence-corrected chi connectivity index (χ3v) is 3.13. The SMILES string of the molecule is CC(C)c1cc(-n2nnn(C)c2=O)c(OC[C@@H](C)O)cc1F. The van der Waals surface area contributed by atoms with E-state index < -0.39 is 17.6 Å². The number of halogens is 1. The zero-order valence-electron chi connectivity index (χ0n) is 12.9. The summed E-state index contributed by atoms with van der Waals surface area (Å²) >= 11 is 0. The van der Waals surface area contributed by atoms with Gasteiger partial charge in [0, 0.05) is 13.1 Å². The van der Waals surface area contributed by atoms with Gasteiger partial charge in [0.2, 0.25) is 0 Å². The Morgan fingerprint density at radius 2 is 2.00 bits per heavy atom. The van der Waals surface area contributed by atoms with E-state index in [0.717, 1.165) is 9.36 Å². The Labute approximate surface area is 126 Å². The first-order chi connectivity index (χ1) is 10.3. The molecule has 0 saturated carbocycles. The van der Waals surface area contributed by atoms with Gasteiger partial charge in [-0.25, -0.2) is 9.18 Å². The van der Waals surface area contributed by atoms with E-state index >= 15 is 0 Å². The van der Waals surface area contributed by atoms with Gasteiger partial charge in [-0.2, -0.15) is 9.36 Å². The molecule has 8 heteroatoms. The second-order valence-corrected chi connectivity index (χ2v) is 5.45. The van der Waals surface area contributed by atoms with Crippen molar-refractivity contribution in [1.82, 2.24) is 19.8 Å². The van der Waals surface area contributed by atoms with E-state index in [-0.39, 0.29) is 18.3 Å². The van der Waals surface area contributed by atoms with Crippen molar-refractivity contribution in [3.8, 4) is 11.4 Å². The van der Waals surface area contributed by atoms with Crippen LogP contribution < -0.4 is 10.4 Å². The van der Waals surface area contributed by atoms with Crippen LogP contribution in [0.15, 0.2) is 16.9 Å². The van der Waals surface area contributed by atoms with Crippen LogP contribution in [0.5, 0.6) is 5.75 Å². The van der Waals surface area contributed by atoms with Gasteiger partial charge >= 0.3 is 5.69 Å². The zero-order chi connectivity index (χ0) is 16.4. The monoisotopic (exact) mass is 310 g/mol. The van der Waals surface area contributed by atoms with E-state index in [0.29, 0.717) is 11.3 Å². The number of ether oxygens (including phenoxy) is 1. The Balaban J connectivity index is 2.59. The van der Waals surface area contributed by atoms with Gasteiger partial charge in [-0.3, -0.25) is 0 Å². The van der Waals surface area contributed by atoms with Crippen LogP contribution in [0.4, 0.5) is 4.39 Å². The van der Waals surface area contributed by atoms with Gasteiger partial charge in [0.25, 0.3) is 0 Å². The van der Waals surface area contributed by atoms with E-state index in [1.807, 2.05) is 13.8 Å². The number of hydrogen-bond donors (Lipinski definition) is 1. The number of aliphatic hydroxyl groups is 1. The van der Waals surface area contributed by atoms with Crippen molar-refractivity contribution in [2.75, 3.05) is 6.61 Å². The summed E-state index contributed by atoms with van der Waals surface area (Å²) in [6, 6.07) is 2.72. The molecular weight excluding hydrogens is 291 g/mol. The lowest BCUT2D eigenvalue weighted by Gasteiger charge is -2.15. The molecule has 1 aromatic carbocycles. The highest BCUT2D eigenvalue weighted by Gasteiger charge is 2.18. The molecule has 0 amide bonds. The smallest absolute Gasteiger partial charge is 0.368 e. The molecule has 7 nitrogen and oxygen atoms in total. The van der Waals surface area contributed by atoms with Crippen molar-refractivity contribution in [1.29, 1.82) is 0 Å². The van der Waals surface area contributed by atoms with Crippen molar-refractivity contribution in [2.45, 2.75) is 32.8 Å². The zero-order valence-corrected chi connectivity index (χ0v) is 12.9. The van der Waals surface area contributed by atoms with E-state index in [4.69, 9.17) is 4.74 Å². The van der Waals surface area contributed by atoms with Crippen LogP contribution in [0.3, 0.4) is 0 Å². The Bertz CT molecular complexity index is 721. The van der Waals surface area contributed by atoms with Crippen LogP contribution in [0, 0.1) is 5.82 Å². The fourth-order valence-electron chi connectivity index (χ4n) is 1.96. The molecule has 0 saturated heterocycles. The molecule has 120 valence electrons. The number of tetrazole rings is 1. The van der Waals surface area contributed by atoms with Gasteiger partial charge in [0.15, 0.2) is 0 Å². The highest BCUT2D eigenvalue weighted by atomic mass is 19.1. The van der Waals surface area contributed by atoms with E-state index in [9.17, 15) is 14.3 Å². The van der Waals surface area contributed by atoms with Crippen LogP contribution in [0.25, 0.3) is 5.69 Å². The van der Waals surface area contributed by atoms with Crippen LogP contribution in [0.1, 0.15) is 32.3 Å². The third-order valence-electron chi connectivity index (χ3n) is 3.13. The average Bonchev–Trinajstić information content (AvgIpc) is 2.76. The normalized spacial score (nSPS) is 12.7. The first-order valence-corrected chi connectivity index (χ1v) is 6.95. The minimum atomic E-state index is -0.723. The van der Waals surface area contributed by atoms with Gasteiger partial charge in [0.1, 0.15) is 23.9 Å². The van der Waals surface area contributed by atoms with Crippen molar-refractivity contribution < 1.29 is 14.2 Å². The summed E-state index contributed by atoms with van der Waals surface area (Å²) in [7, 11) is 1.47. The van der Waals surface area contributed by atoms with Crippen LogP contribution in [0.2, 0.25) is 0 Å². The number of aryl methyl sites for hydroxylation is 1. The summed E-state index contributed by atoms with van der Waals surface area (Å²) in [4.78, 5) is 12.0. The number of benzene rings is 1. The molecule has 1 aromatic heterocycles. The number of nitrogens with zero attached hydrogens (tertiary/aromatic N) is 4. The lowest BCUT2D eigenvalue weighted by Crippen LogP contribution is -2.23. The summed E-state index contributed by atoms with van der Waals surface area (Å²) in [6.07, 6.45) is -0.723. The molecule has 0 radical (unpaired) electrons. The van der Waals surface area contributed by atoms with Gasteiger partial charge in [-0.05, 0) is 34.9 Å². The van der Waals surface area contributed by atoms with Crippen molar-refractivity contribution in [2.24, 2.45) is 7.05 Å². The maximum atomic E-state index is 14.2. The van der Waals surface area contributed by atoms with E-state index in [1.54, 1.807) is 6.92 Å². The number of rotatable bonds is 5. The van der Waals surface area contributed by atoms with Crippen molar-refractivity contribution in [3.05, 3.63) is 34.0 Å². The molecule has 2 rings (SSSR count). The van der Waals surface area contributed by atoms with Crippen molar-refractivity contribution in [3.63, 3.8) is 0 Å². The molecule has 0 spiro atoms. The third kappa shape index (κ3) is 3.16. The standard InChI is InChI=1S/C14H19FN4O3/c1-8(2)10-5-12(19-14(21)18(4)16-17-19)13(6-11(10)15)22-7-9(3)20/h5-6,8-9,20H,7H2,1-4H3/t9-/m1/s1. The second kappa shape index (κ2) is 6.27. The Hall–Kier alpha value is -2.22. The molecule has 22 heavy (non-hydrogen) atoms. The first kappa shape index (κ1) is 16.2. The minimum Gasteiger partial charge on any atom is -0.489 e. The predicted molar refractivity (Wildman–Crippen MR) is 77.8 cm³/mol. The second-order valence-electron chi connectivity index (χ2n) is 5.45. The highest BCUT2D eigenvalue weighted by molar-refractivity contribution is 5.49. The Kier molecular flexibility index (Phi) is 4.60. The molecule has 1 N–H and O–H groups in total. The first-order valence-electron chi connectivity index (χ1n) is 6.95. The summed E-state index contributed by atoms with van der Waals surface area (Å²) in [5.74, 6) is -0.376. The molecule has 0 aliphatic carbocycles. The van der Waals surface area contributed by atoms with Gasteiger partial charge in [0.05, 0.1) is 6.10 Å². The Morgan fingerprint density at radius 1 is 1.32 bits per heavy atom. The maximum Gasteiger partial charge on any atom is 0.368 e. The predicted octanol–water partition coefficient (Wildman–Crippen LogP) is 0.988. The summed E-state index contributed by atoms with van der Waals surface area (Å²) < 4.78 is 21.7. The van der Waals surface area contributed by atoms with Gasteiger partial charge in [-0.1, -0.05) is 13.8 Å². The molecule has 0 aliphatic heterocycles. The van der Waals surface area contributed by atoms with Crippen LogP contribution in [-0.2, 0) is 7.05 Å². The molecule has 1 atom stereocenters. The maximum absolute atomic E-state index is 14.2. The Morgan fingerprint density at radius 3 is 2.50 bits per heavy atom. The summed E-state index contributed by atoms with van der Waals surface area (Å²) in [5, 5.41) is 16.7. The molecule has 1 heterocycles. The lowest BCUT2D eigenvalue weighted by molar-refractivity contribution is 0.122. The van der Waals surface area contributed by atoms with Crippen LogP contribution >= 0.6 is 0 Å². The number of aliphatic hydroxyl groups excluding tert-OH is 1. The topological polar surface area (TPSA) is 82.2 Å². The minimum absolute atomic E-state index is 0.0253. The van der Waals surface area contributed by atoms with Crippen LogP contribution in [-0.4, -0.2) is 37.6 Å². The van der Waals surface area contributed by atoms with Gasteiger partial charge < -0.3 is 9.84 Å². The van der Waals surface area contributed by atoms with E-state index in [2.05, 4.69) is 10.4 Å².